The van der Waals surface area contributed by atoms with E-state index in [2.05, 4.69) is 27.3 Å². The van der Waals surface area contributed by atoms with E-state index in [9.17, 15) is 9.59 Å². The van der Waals surface area contributed by atoms with E-state index in [-0.39, 0.29) is 5.91 Å². The van der Waals surface area contributed by atoms with Crippen molar-refractivity contribution in [3.8, 4) is 0 Å². The molecule has 1 N–H and O–H groups in total. The van der Waals surface area contributed by atoms with Gasteiger partial charge in [-0.3, -0.25) is 4.79 Å². The van der Waals surface area contributed by atoms with Crippen LogP contribution in [-0.2, 0) is 9.53 Å². The van der Waals surface area contributed by atoms with E-state index in [1.54, 1.807) is 25.1 Å². The van der Waals surface area contributed by atoms with Crippen molar-refractivity contribution < 1.29 is 14.3 Å². The molecule has 0 heterocycles. The van der Waals surface area contributed by atoms with Crippen LogP contribution in [0.4, 0.5) is 0 Å². The van der Waals surface area contributed by atoms with Gasteiger partial charge in [-0.2, -0.15) is 0 Å². The number of benzene rings is 1. The van der Waals surface area contributed by atoms with Gasteiger partial charge in [0.1, 0.15) is 0 Å². The molecule has 2 rings (SSSR count). The predicted octanol–water partition coefficient (Wildman–Crippen LogP) is 4.00. The zero-order valence-electron chi connectivity index (χ0n) is 13.3. The highest BCUT2D eigenvalue weighted by atomic mass is 79.9. The van der Waals surface area contributed by atoms with Crippen molar-refractivity contribution in [3.05, 3.63) is 46.0 Å². The summed E-state index contributed by atoms with van der Waals surface area (Å²) >= 11 is 3.31. The molecule has 0 aliphatic heterocycles. The van der Waals surface area contributed by atoms with Crippen LogP contribution in [0.2, 0.25) is 0 Å². The highest BCUT2D eigenvalue weighted by molar-refractivity contribution is 9.10. The van der Waals surface area contributed by atoms with Crippen molar-refractivity contribution in [2.24, 2.45) is 0 Å². The summed E-state index contributed by atoms with van der Waals surface area (Å²) in [6.07, 6.45) is 7.11. The van der Waals surface area contributed by atoms with Crippen molar-refractivity contribution in [1.82, 2.24) is 5.32 Å². The first-order valence-corrected chi connectivity index (χ1v) is 8.78. The zero-order valence-corrected chi connectivity index (χ0v) is 14.9. The summed E-state index contributed by atoms with van der Waals surface area (Å²) in [5.74, 6) is -0.756. The molecule has 0 saturated heterocycles. The maximum Gasteiger partial charge on any atom is 0.338 e. The number of esters is 1. The molecule has 0 unspecified atom stereocenters. The molecule has 4 nitrogen and oxygen atoms in total. The molecule has 1 aromatic rings. The summed E-state index contributed by atoms with van der Waals surface area (Å²) < 4.78 is 6.01. The summed E-state index contributed by atoms with van der Waals surface area (Å²) in [5.41, 5.74) is 1.83. The highest BCUT2D eigenvalue weighted by Crippen LogP contribution is 2.19. The molecule has 124 valence electrons. The third-order valence-corrected chi connectivity index (χ3v) is 4.34. The van der Waals surface area contributed by atoms with Crippen LogP contribution in [0.25, 0.3) is 0 Å². The van der Waals surface area contributed by atoms with E-state index in [1.807, 2.05) is 6.07 Å². The number of ether oxygens (including phenoxy) is 1. The van der Waals surface area contributed by atoms with Gasteiger partial charge in [0, 0.05) is 11.0 Å². The minimum absolute atomic E-state index is 0.259. The van der Waals surface area contributed by atoms with Crippen LogP contribution in [0.5, 0.6) is 0 Å². The number of carbonyl (C=O) groups excluding carboxylic acids is 2. The maximum absolute atomic E-state index is 12.0. The minimum Gasteiger partial charge on any atom is -0.449 e. The SMILES string of the molecule is C[C@H](OC(=O)c1cccc(Br)c1)C(=O)NCCC1=CCCCC1. The number of rotatable bonds is 6. The fourth-order valence-corrected chi connectivity index (χ4v) is 2.92. The Kier molecular flexibility index (Phi) is 6.84. The Morgan fingerprint density at radius 3 is 2.87 bits per heavy atom. The first-order chi connectivity index (χ1) is 11.1. The molecule has 0 fully saturated rings. The number of hydrogen-bond acceptors (Lipinski definition) is 3. The number of amides is 1. The second kappa shape index (κ2) is 8.87. The van der Waals surface area contributed by atoms with Crippen LogP contribution in [0.1, 0.15) is 49.4 Å². The van der Waals surface area contributed by atoms with Gasteiger partial charge in [0.15, 0.2) is 6.10 Å². The Labute approximate surface area is 145 Å². The van der Waals surface area contributed by atoms with Gasteiger partial charge >= 0.3 is 5.97 Å². The summed E-state index contributed by atoms with van der Waals surface area (Å²) in [6.45, 7) is 2.18. The van der Waals surface area contributed by atoms with Crippen LogP contribution in [-0.4, -0.2) is 24.5 Å². The molecular formula is C18H22BrNO3. The van der Waals surface area contributed by atoms with Gasteiger partial charge in [0.2, 0.25) is 0 Å². The van der Waals surface area contributed by atoms with E-state index >= 15 is 0 Å². The molecule has 0 saturated carbocycles. The average Bonchev–Trinajstić information content (AvgIpc) is 2.55. The Morgan fingerprint density at radius 1 is 1.35 bits per heavy atom. The van der Waals surface area contributed by atoms with E-state index < -0.39 is 12.1 Å². The third kappa shape index (κ3) is 5.82. The van der Waals surface area contributed by atoms with Crippen LogP contribution >= 0.6 is 15.9 Å². The summed E-state index contributed by atoms with van der Waals surface area (Å²) in [7, 11) is 0. The normalized spacial score (nSPS) is 15.5. The van der Waals surface area contributed by atoms with Gasteiger partial charge in [-0.05, 0) is 57.2 Å². The predicted molar refractivity (Wildman–Crippen MR) is 93.2 cm³/mol. The lowest BCUT2D eigenvalue weighted by atomic mass is 9.97. The molecular weight excluding hydrogens is 358 g/mol. The van der Waals surface area contributed by atoms with E-state index in [0.29, 0.717) is 12.1 Å². The van der Waals surface area contributed by atoms with Crippen molar-refractivity contribution >= 4 is 27.8 Å². The number of hydrogen-bond donors (Lipinski definition) is 1. The lowest BCUT2D eigenvalue weighted by Crippen LogP contribution is -2.36. The summed E-state index contributed by atoms with van der Waals surface area (Å²) in [6, 6.07) is 6.91. The topological polar surface area (TPSA) is 55.4 Å². The smallest absolute Gasteiger partial charge is 0.338 e. The quantitative estimate of drug-likeness (QED) is 0.600. The summed E-state index contributed by atoms with van der Waals surface area (Å²) in [4.78, 5) is 24.0. The van der Waals surface area contributed by atoms with Crippen molar-refractivity contribution in [1.29, 1.82) is 0 Å². The Morgan fingerprint density at radius 2 is 2.17 bits per heavy atom. The Balaban J connectivity index is 1.76. The average molecular weight is 380 g/mol. The molecule has 5 heteroatoms. The molecule has 1 aliphatic carbocycles. The lowest BCUT2D eigenvalue weighted by Gasteiger charge is -2.15. The van der Waals surface area contributed by atoms with E-state index in [1.165, 1.54) is 18.4 Å². The molecule has 0 aromatic heterocycles. The minimum atomic E-state index is -0.804. The lowest BCUT2D eigenvalue weighted by molar-refractivity contribution is -0.129. The van der Waals surface area contributed by atoms with Crippen LogP contribution in [0.15, 0.2) is 40.4 Å². The van der Waals surface area contributed by atoms with E-state index in [0.717, 1.165) is 23.7 Å². The largest absolute Gasteiger partial charge is 0.449 e. The highest BCUT2D eigenvalue weighted by Gasteiger charge is 2.18. The van der Waals surface area contributed by atoms with E-state index in [4.69, 9.17) is 4.74 Å². The fourth-order valence-electron chi connectivity index (χ4n) is 2.52. The second-order valence-corrected chi connectivity index (χ2v) is 6.62. The molecule has 0 spiro atoms. The first kappa shape index (κ1) is 17.7. The molecule has 1 aromatic carbocycles. The van der Waals surface area contributed by atoms with Crippen molar-refractivity contribution in [2.75, 3.05) is 6.54 Å². The van der Waals surface area contributed by atoms with Gasteiger partial charge in [-0.25, -0.2) is 4.79 Å². The van der Waals surface area contributed by atoms with Gasteiger partial charge in [0.25, 0.3) is 5.91 Å². The van der Waals surface area contributed by atoms with Gasteiger partial charge in [-0.1, -0.05) is 33.6 Å². The number of carbonyl (C=O) groups is 2. The monoisotopic (exact) mass is 379 g/mol. The standard InChI is InChI=1S/C18H22BrNO3/c1-13(23-18(22)15-8-5-9-16(19)12-15)17(21)20-11-10-14-6-3-2-4-7-14/h5-6,8-9,12-13H,2-4,7,10-11H2,1H3,(H,20,21)/t13-/m0/s1. The van der Waals surface area contributed by atoms with Crippen molar-refractivity contribution in [3.63, 3.8) is 0 Å². The second-order valence-electron chi connectivity index (χ2n) is 5.71. The maximum atomic E-state index is 12.0. The number of halogens is 1. The molecule has 1 aliphatic rings. The van der Waals surface area contributed by atoms with Gasteiger partial charge in [-0.15, -0.1) is 0 Å². The van der Waals surface area contributed by atoms with Crippen LogP contribution < -0.4 is 5.32 Å². The van der Waals surface area contributed by atoms with Gasteiger partial charge in [0.05, 0.1) is 5.56 Å². The molecule has 1 atom stereocenters. The van der Waals surface area contributed by atoms with Crippen LogP contribution in [0, 0.1) is 0 Å². The fraction of sp³-hybridized carbons (Fsp3) is 0.444. The molecule has 0 bridgehead atoms. The number of nitrogens with one attached hydrogen (secondary N) is 1. The summed E-state index contributed by atoms with van der Waals surface area (Å²) in [5, 5.41) is 2.83. The zero-order chi connectivity index (χ0) is 16.7. The Bertz CT molecular complexity index is 598. The molecule has 23 heavy (non-hydrogen) atoms. The third-order valence-electron chi connectivity index (χ3n) is 3.84. The molecule has 0 radical (unpaired) electrons. The van der Waals surface area contributed by atoms with Crippen LogP contribution in [0.3, 0.4) is 0 Å². The first-order valence-electron chi connectivity index (χ1n) is 7.98. The Hall–Kier alpha value is -1.62. The molecule has 1 amide bonds. The number of allylic oxidation sites excluding steroid dienone is 1. The van der Waals surface area contributed by atoms with Crippen molar-refractivity contribution in [2.45, 2.75) is 45.1 Å². The van der Waals surface area contributed by atoms with Gasteiger partial charge < -0.3 is 10.1 Å².